The first-order chi connectivity index (χ1) is 37.0. The summed E-state index contributed by atoms with van der Waals surface area (Å²) in [5, 5.41) is 15.4. The van der Waals surface area contributed by atoms with Crippen LogP contribution in [0.1, 0.15) is 155 Å². The molecule has 2 amide bonds. The zero-order valence-electron chi connectivity index (χ0n) is 48.6. The average Bonchev–Trinajstić information content (AvgIpc) is 4.06. The van der Waals surface area contributed by atoms with Crippen LogP contribution in [0.25, 0.3) is 0 Å². The van der Waals surface area contributed by atoms with Crippen molar-refractivity contribution in [1.29, 1.82) is 0 Å². The summed E-state index contributed by atoms with van der Waals surface area (Å²) in [6, 6.07) is 11.6. The number of carboxylic acids is 1. The summed E-state index contributed by atoms with van der Waals surface area (Å²) in [6.45, 7) is 24.3. The van der Waals surface area contributed by atoms with E-state index in [0.29, 0.717) is 104 Å². The van der Waals surface area contributed by atoms with Crippen molar-refractivity contribution in [3.05, 3.63) is 59.2 Å². The van der Waals surface area contributed by atoms with E-state index in [9.17, 15) is 50.6 Å². The van der Waals surface area contributed by atoms with Crippen molar-refractivity contribution in [2.45, 2.75) is 157 Å². The second kappa shape index (κ2) is 31.7. The Morgan fingerprint density at radius 3 is 1.27 bits per heavy atom. The molecule has 2 fully saturated rings. The topological polar surface area (TPSA) is 216 Å². The molecule has 4 aromatic rings. The van der Waals surface area contributed by atoms with E-state index < -0.39 is 30.0 Å². The number of hydrogen-bond acceptors (Lipinski definition) is 16. The summed E-state index contributed by atoms with van der Waals surface area (Å²) in [5.74, 6) is -2.60. The minimum atomic E-state index is -4.65. The molecule has 4 heterocycles. The summed E-state index contributed by atoms with van der Waals surface area (Å²) in [5.41, 5.74) is 4.37. The Labute approximate surface area is 502 Å². The van der Waals surface area contributed by atoms with Crippen molar-refractivity contribution in [3.8, 4) is 0 Å². The van der Waals surface area contributed by atoms with E-state index in [1.807, 2.05) is 74.8 Å². The molecule has 2 atom stereocenters. The Bertz CT molecular complexity index is 2640. The molecule has 446 valence electrons. The summed E-state index contributed by atoms with van der Waals surface area (Å²) in [4.78, 5) is 64.2. The van der Waals surface area contributed by atoms with Gasteiger partial charge in [0, 0.05) is 87.3 Å². The maximum Gasteiger partial charge on any atom is 1.00 e. The third-order valence-corrected chi connectivity index (χ3v) is 14.9. The van der Waals surface area contributed by atoms with E-state index in [-0.39, 0.29) is 99.8 Å². The van der Waals surface area contributed by atoms with Gasteiger partial charge >= 0.3 is 53.8 Å². The number of carbonyl (C=O) groups is 4. The van der Waals surface area contributed by atoms with Crippen molar-refractivity contribution in [2.24, 2.45) is 23.7 Å². The third-order valence-electron chi connectivity index (χ3n) is 13.6. The van der Waals surface area contributed by atoms with Gasteiger partial charge in [0.15, 0.2) is 0 Å². The molecule has 4 N–H and O–H groups in total. The van der Waals surface area contributed by atoms with Crippen LogP contribution in [0.2, 0.25) is 0 Å². The van der Waals surface area contributed by atoms with Crippen LogP contribution in [0.5, 0.6) is 0 Å². The van der Waals surface area contributed by atoms with Gasteiger partial charge in [0.05, 0.1) is 42.7 Å². The summed E-state index contributed by atoms with van der Waals surface area (Å²) in [7, 11) is 1.34. The molecule has 2 aliphatic heterocycles. The molecule has 2 aromatic carbocycles. The van der Waals surface area contributed by atoms with Crippen LogP contribution in [-0.2, 0) is 36.3 Å². The molecule has 26 heteroatoms. The molecule has 0 bridgehead atoms. The van der Waals surface area contributed by atoms with Crippen LogP contribution in [0, 0.1) is 23.7 Å². The number of ether oxygens (including phenoxy) is 1. The zero-order valence-corrected chi connectivity index (χ0v) is 52.2. The second-order valence-electron chi connectivity index (χ2n) is 22.3. The largest absolute Gasteiger partial charge is 1.00 e. The van der Waals surface area contributed by atoms with Gasteiger partial charge in [-0.05, 0) is 96.6 Å². The average molecular weight is 1190 g/mol. The Morgan fingerprint density at radius 1 is 0.617 bits per heavy atom. The molecular weight excluding hydrogens is 1110 g/mol. The van der Waals surface area contributed by atoms with Gasteiger partial charge < -0.3 is 45.6 Å². The van der Waals surface area contributed by atoms with E-state index in [0.717, 1.165) is 54.7 Å². The maximum absolute atomic E-state index is 13.2. The number of aliphatic carboxylic acids is 1. The molecule has 2 saturated heterocycles. The number of benzene rings is 2. The number of carbonyl (C=O) groups excluding carboxylic acids is 3. The number of amides is 2. The van der Waals surface area contributed by atoms with E-state index in [2.05, 4.69) is 66.8 Å². The van der Waals surface area contributed by atoms with Crippen LogP contribution in [0.4, 0.5) is 59.4 Å². The smallest absolute Gasteiger partial charge is 0.870 e. The number of methoxy groups -OCH3 is 1. The zero-order chi connectivity index (χ0) is 58.5. The molecule has 0 saturated carbocycles. The molecular formula is C55H79F6N10NaO7S2. The number of hydrogen-bond donors (Lipinski definition) is 3. The van der Waals surface area contributed by atoms with Gasteiger partial charge in [-0.3, -0.25) is 19.2 Å². The van der Waals surface area contributed by atoms with E-state index in [4.69, 9.17) is 4.74 Å². The molecule has 0 unspecified atom stereocenters. The van der Waals surface area contributed by atoms with Gasteiger partial charge in [-0.25, -0.2) is 0 Å². The number of likely N-dealkylation sites (tertiary alicyclic amines) is 2. The van der Waals surface area contributed by atoms with Crippen molar-refractivity contribution in [2.75, 3.05) is 66.8 Å². The number of alkyl halides is 6. The Morgan fingerprint density at radius 2 is 0.975 bits per heavy atom. The number of rotatable bonds is 22. The van der Waals surface area contributed by atoms with Crippen LogP contribution < -0.4 is 50.0 Å². The Hall–Kier alpha value is -4.82. The Kier molecular flexibility index (Phi) is 27.6. The van der Waals surface area contributed by atoms with Crippen LogP contribution >= 0.6 is 23.1 Å². The number of carboxylic acid groups (broad SMARTS) is 1. The first-order valence-corrected chi connectivity index (χ1v) is 28.6. The van der Waals surface area contributed by atoms with Crippen molar-refractivity contribution in [1.82, 2.24) is 28.5 Å². The first kappa shape index (κ1) is 70.4. The molecule has 0 aliphatic carbocycles. The number of halogens is 6. The fraction of sp³-hybridized carbons (Fsp3) is 0.636. The van der Waals surface area contributed by atoms with Crippen molar-refractivity contribution >= 4 is 79.8 Å². The van der Waals surface area contributed by atoms with Crippen LogP contribution in [0.3, 0.4) is 0 Å². The fourth-order valence-electron chi connectivity index (χ4n) is 9.75. The van der Waals surface area contributed by atoms with Gasteiger partial charge in [-0.15, -0.1) is 0 Å². The number of aromatic nitrogens is 4. The van der Waals surface area contributed by atoms with Crippen molar-refractivity contribution < 1.29 is 90.4 Å². The van der Waals surface area contributed by atoms with E-state index in [1.54, 1.807) is 13.0 Å². The number of anilines is 6. The van der Waals surface area contributed by atoms with Gasteiger partial charge in [-0.2, -0.15) is 45.1 Å². The predicted molar refractivity (Wildman–Crippen MR) is 299 cm³/mol. The second-order valence-corrected chi connectivity index (χ2v) is 23.8. The standard InChI is InChI=1S/C28H40F3N5O3S.C27H38F3N5O3S.Na.H2O/c1-17(2)13-24(37)35-11-9-21(10-12-35)36(16-18(3)4)23-8-7-20(19(5)14-25(38)39-6)15-22(23)32-27-33-26(34-40-27)28(29,30)31;1-16(2)12-23(36)34-10-8-20(9-11-34)35(15-17(3)4)22-7-6-19(18(5)13-24(37)38)14-21(22)31-26-32-25(33-39-26)27(28,29)30;;/h7-8,15,17-19,21H,9-14,16H2,1-6H3,(H,32,33,34);6-7,14,16-18,20H,8-13,15H2,1-5H3,(H,37,38)(H,31,32,33);;1H2/q;;+1;/p-1/t19-;18-;;/m11../s1. The number of nitrogens with one attached hydrogen (secondary N) is 2. The number of esters is 1. The molecule has 2 aromatic heterocycles. The minimum Gasteiger partial charge on any atom is -0.870 e. The van der Waals surface area contributed by atoms with Crippen molar-refractivity contribution in [3.63, 3.8) is 0 Å². The summed E-state index contributed by atoms with van der Waals surface area (Å²) >= 11 is 1.27. The van der Waals surface area contributed by atoms with Crippen LogP contribution in [-0.4, -0.2) is 121 Å². The number of piperidine rings is 2. The van der Waals surface area contributed by atoms with Gasteiger partial charge in [0.2, 0.25) is 33.7 Å². The normalized spacial score (nSPS) is 15.1. The summed E-state index contributed by atoms with van der Waals surface area (Å²) in [6.07, 6.45) is -5.04. The maximum atomic E-state index is 13.2. The minimum absolute atomic E-state index is 0. The molecule has 81 heavy (non-hydrogen) atoms. The molecule has 2 aliphatic rings. The Balaban J connectivity index is 0.000000415. The first-order valence-electron chi connectivity index (χ1n) is 27.0. The fourth-order valence-corrected chi connectivity index (χ4v) is 10.9. The van der Waals surface area contributed by atoms with Gasteiger partial charge in [-0.1, -0.05) is 81.4 Å². The SMILES string of the molecule is CC(C)CC(=O)N1CCC(N(CC(C)C)c2ccc([C@H](C)CC(=O)O)cc2Nc2nc(C(F)(F)F)ns2)CC1.COC(=O)C[C@@H](C)c1ccc(N(CC(C)C)C2CCN(C(=O)CC(C)C)CC2)c(Nc2nc(C(F)(F)F)ns2)c1.[Na+].[OH-]. The van der Waals surface area contributed by atoms with Gasteiger partial charge in [0.1, 0.15) is 0 Å². The van der Waals surface area contributed by atoms with E-state index >= 15 is 0 Å². The molecule has 6 rings (SSSR count). The molecule has 0 spiro atoms. The quantitative estimate of drug-likeness (QED) is 0.0379. The number of nitrogens with zero attached hydrogens (tertiary/aromatic N) is 8. The van der Waals surface area contributed by atoms with Gasteiger partial charge in [0.25, 0.3) is 0 Å². The summed E-state index contributed by atoms with van der Waals surface area (Å²) < 4.78 is 90.8. The monoisotopic (exact) mass is 1190 g/mol. The predicted octanol–water partition coefficient (Wildman–Crippen LogP) is 9.67. The van der Waals surface area contributed by atoms with E-state index in [1.165, 1.54) is 7.11 Å². The molecule has 0 radical (unpaired) electrons. The van der Waals surface area contributed by atoms with Crippen LogP contribution in [0.15, 0.2) is 36.4 Å². The third kappa shape index (κ3) is 21.4. The molecule has 17 nitrogen and oxygen atoms in total.